The Balaban J connectivity index is 3.18. The number of halogens is 3. The maximum atomic E-state index is 12.5. The van der Waals surface area contributed by atoms with E-state index in [-0.39, 0.29) is 17.4 Å². The van der Waals surface area contributed by atoms with Gasteiger partial charge in [-0.15, -0.1) is 13.2 Å². The van der Waals surface area contributed by atoms with Crippen LogP contribution in [0.4, 0.5) is 13.2 Å². The molecule has 120 valence electrons. The lowest BCUT2D eigenvalue weighted by atomic mass is 9.98. The number of hydrogen-bond donors (Lipinski definition) is 0. The summed E-state index contributed by atoms with van der Waals surface area (Å²) in [7, 11) is 0. The molecule has 0 aliphatic heterocycles. The summed E-state index contributed by atoms with van der Waals surface area (Å²) in [5, 5.41) is 0. The molecule has 1 aromatic carbocycles. The predicted octanol–water partition coefficient (Wildman–Crippen LogP) is 5.67. The van der Waals surface area contributed by atoms with Crippen molar-refractivity contribution in [2.24, 2.45) is 0 Å². The summed E-state index contributed by atoms with van der Waals surface area (Å²) in [5.41, 5.74) is 0.381. The fourth-order valence-corrected chi connectivity index (χ4v) is 1.73. The number of benzene rings is 1. The molecule has 0 bridgehead atoms. The lowest BCUT2D eigenvalue weighted by Gasteiger charge is -2.27. The van der Waals surface area contributed by atoms with E-state index in [4.69, 9.17) is 4.74 Å². The van der Waals surface area contributed by atoms with E-state index in [1.807, 2.05) is 34.6 Å². The molecule has 0 aliphatic carbocycles. The van der Waals surface area contributed by atoms with E-state index >= 15 is 0 Å². The average Bonchev–Trinajstić information content (AvgIpc) is 2.38. The van der Waals surface area contributed by atoms with Crippen molar-refractivity contribution in [3.63, 3.8) is 0 Å². The predicted molar refractivity (Wildman–Crippen MR) is 76.8 cm³/mol. The zero-order valence-electron chi connectivity index (χ0n) is 13.2. The van der Waals surface area contributed by atoms with Crippen LogP contribution in [0.3, 0.4) is 0 Å². The molecule has 21 heavy (non-hydrogen) atoms. The Kier molecular flexibility index (Phi) is 5.54. The number of rotatable bonds is 6. The Bertz CT molecular complexity index is 467. The topological polar surface area (TPSA) is 18.5 Å². The first-order valence-corrected chi connectivity index (χ1v) is 7.16. The molecule has 2 nitrogen and oxygen atoms in total. The molecule has 0 N–H and O–H groups in total. The lowest BCUT2D eigenvalue weighted by Crippen LogP contribution is -2.28. The molecule has 1 atom stereocenters. The zero-order chi connectivity index (χ0) is 16.3. The van der Waals surface area contributed by atoms with E-state index in [2.05, 4.69) is 4.74 Å². The van der Waals surface area contributed by atoms with Crippen molar-refractivity contribution in [2.45, 2.75) is 65.3 Å². The minimum atomic E-state index is -4.73. The third kappa shape index (κ3) is 5.48. The minimum Gasteiger partial charge on any atom is -0.484 e. The molecule has 5 heteroatoms. The summed E-state index contributed by atoms with van der Waals surface area (Å²) in [6.45, 7) is 9.64. The molecule has 0 aromatic heterocycles. The molecule has 1 rings (SSSR count). The quantitative estimate of drug-likeness (QED) is 0.674. The van der Waals surface area contributed by atoms with Crippen LogP contribution in [0.2, 0.25) is 0 Å². The number of alkyl halides is 3. The van der Waals surface area contributed by atoms with Crippen LogP contribution in [-0.2, 0) is 0 Å². The van der Waals surface area contributed by atoms with Gasteiger partial charge in [0.1, 0.15) is 5.60 Å². The maximum Gasteiger partial charge on any atom is 0.573 e. The molecule has 0 saturated carbocycles. The average molecular weight is 304 g/mol. The summed E-state index contributed by atoms with van der Waals surface area (Å²) in [6, 6.07) is 4.63. The minimum absolute atomic E-state index is 0.136. The van der Waals surface area contributed by atoms with Crippen LogP contribution in [0.1, 0.15) is 58.9 Å². The van der Waals surface area contributed by atoms with Crippen molar-refractivity contribution in [3.8, 4) is 11.5 Å². The molecular formula is C16H23F3O2. The standard InChI is InChI=1S/C16H23F3O2/c1-6-11(3)12-8-9-13(21-16(17,18)19)14(10-12)20-15(4,5)7-2/h8-11H,6-7H2,1-5H3. The maximum absolute atomic E-state index is 12.5. The van der Waals surface area contributed by atoms with Gasteiger partial charge in [0.25, 0.3) is 0 Å². The molecule has 1 unspecified atom stereocenters. The Morgan fingerprint density at radius 1 is 1.05 bits per heavy atom. The van der Waals surface area contributed by atoms with Crippen LogP contribution in [0, 0.1) is 0 Å². The molecule has 0 saturated heterocycles. The van der Waals surface area contributed by atoms with E-state index in [0.29, 0.717) is 6.42 Å². The van der Waals surface area contributed by atoms with Crippen LogP contribution < -0.4 is 9.47 Å². The molecule has 0 heterocycles. The number of ether oxygens (including phenoxy) is 2. The van der Waals surface area contributed by atoms with E-state index in [0.717, 1.165) is 12.0 Å². The Hall–Kier alpha value is -1.39. The van der Waals surface area contributed by atoms with Gasteiger partial charge in [-0.2, -0.15) is 0 Å². The van der Waals surface area contributed by atoms with Crippen molar-refractivity contribution in [3.05, 3.63) is 23.8 Å². The Morgan fingerprint density at radius 3 is 2.14 bits per heavy atom. The third-order valence-corrected chi connectivity index (χ3v) is 3.61. The van der Waals surface area contributed by atoms with Gasteiger partial charge in [-0.25, -0.2) is 0 Å². The van der Waals surface area contributed by atoms with E-state index in [1.165, 1.54) is 6.07 Å². The fraction of sp³-hybridized carbons (Fsp3) is 0.625. The van der Waals surface area contributed by atoms with Crippen molar-refractivity contribution in [1.29, 1.82) is 0 Å². The fourth-order valence-electron chi connectivity index (χ4n) is 1.73. The molecule has 0 radical (unpaired) electrons. The van der Waals surface area contributed by atoms with Crippen molar-refractivity contribution in [2.75, 3.05) is 0 Å². The summed E-state index contributed by atoms with van der Waals surface area (Å²) >= 11 is 0. The largest absolute Gasteiger partial charge is 0.573 e. The second kappa shape index (κ2) is 6.58. The summed E-state index contributed by atoms with van der Waals surface area (Å²) in [4.78, 5) is 0. The van der Waals surface area contributed by atoms with Crippen molar-refractivity contribution >= 4 is 0 Å². The molecule has 0 fully saturated rings. The van der Waals surface area contributed by atoms with Gasteiger partial charge >= 0.3 is 6.36 Å². The highest BCUT2D eigenvalue weighted by molar-refractivity contribution is 5.44. The first kappa shape index (κ1) is 17.7. The normalized spacial score (nSPS) is 13.9. The van der Waals surface area contributed by atoms with Crippen LogP contribution in [-0.4, -0.2) is 12.0 Å². The highest BCUT2D eigenvalue weighted by Crippen LogP contribution is 2.37. The van der Waals surface area contributed by atoms with Crippen LogP contribution in [0.15, 0.2) is 18.2 Å². The van der Waals surface area contributed by atoms with Crippen molar-refractivity contribution < 1.29 is 22.6 Å². The van der Waals surface area contributed by atoms with Gasteiger partial charge in [0, 0.05) is 0 Å². The summed E-state index contributed by atoms with van der Waals surface area (Å²) < 4.78 is 47.3. The SMILES string of the molecule is CCC(C)c1ccc(OC(F)(F)F)c(OC(C)(C)CC)c1. The lowest BCUT2D eigenvalue weighted by molar-refractivity contribution is -0.275. The van der Waals surface area contributed by atoms with E-state index < -0.39 is 12.0 Å². The molecule has 0 amide bonds. The smallest absolute Gasteiger partial charge is 0.484 e. The Morgan fingerprint density at radius 2 is 1.67 bits per heavy atom. The van der Waals surface area contributed by atoms with Gasteiger partial charge in [-0.05, 0) is 50.3 Å². The molecule has 0 spiro atoms. The summed E-state index contributed by atoms with van der Waals surface area (Å²) in [6.07, 6.45) is -3.16. The second-order valence-electron chi connectivity index (χ2n) is 5.78. The molecular weight excluding hydrogens is 281 g/mol. The summed E-state index contributed by atoms with van der Waals surface area (Å²) in [5.74, 6) is 0.0880. The first-order chi connectivity index (χ1) is 9.58. The van der Waals surface area contributed by atoms with Gasteiger partial charge in [0.15, 0.2) is 11.5 Å². The molecule has 1 aromatic rings. The van der Waals surface area contributed by atoms with Crippen LogP contribution >= 0.6 is 0 Å². The molecule has 0 aliphatic rings. The highest BCUT2D eigenvalue weighted by Gasteiger charge is 2.33. The van der Waals surface area contributed by atoms with E-state index in [1.54, 1.807) is 12.1 Å². The zero-order valence-corrected chi connectivity index (χ0v) is 13.2. The van der Waals surface area contributed by atoms with Gasteiger partial charge in [0.2, 0.25) is 0 Å². The first-order valence-electron chi connectivity index (χ1n) is 7.16. The number of hydrogen-bond acceptors (Lipinski definition) is 2. The van der Waals surface area contributed by atoms with Gasteiger partial charge in [-0.3, -0.25) is 0 Å². The van der Waals surface area contributed by atoms with Crippen LogP contribution in [0.25, 0.3) is 0 Å². The Labute approximate surface area is 124 Å². The third-order valence-electron chi connectivity index (χ3n) is 3.61. The van der Waals surface area contributed by atoms with Crippen LogP contribution in [0.5, 0.6) is 11.5 Å². The van der Waals surface area contributed by atoms with Crippen molar-refractivity contribution in [1.82, 2.24) is 0 Å². The van der Waals surface area contributed by atoms with E-state index in [9.17, 15) is 13.2 Å². The monoisotopic (exact) mass is 304 g/mol. The van der Waals surface area contributed by atoms with Gasteiger partial charge < -0.3 is 9.47 Å². The van der Waals surface area contributed by atoms with Gasteiger partial charge in [0.05, 0.1) is 0 Å². The highest BCUT2D eigenvalue weighted by atomic mass is 19.4. The van der Waals surface area contributed by atoms with Gasteiger partial charge in [-0.1, -0.05) is 26.8 Å². The second-order valence-corrected chi connectivity index (χ2v) is 5.78.